The van der Waals surface area contributed by atoms with Crippen LogP contribution >= 0.6 is 0 Å². The molecule has 4 rings (SSSR count). The molecule has 2 aliphatic heterocycles. The van der Waals surface area contributed by atoms with Crippen molar-refractivity contribution in [2.75, 3.05) is 13.1 Å². The van der Waals surface area contributed by atoms with Crippen molar-refractivity contribution in [1.82, 2.24) is 15.2 Å². The molecule has 7 nitrogen and oxygen atoms in total. The zero-order valence-electron chi connectivity index (χ0n) is 15.8. The Balaban J connectivity index is 1.37. The minimum absolute atomic E-state index is 0.248. The molecule has 0 bridgehead atoms. The molecular formula is C21H21FN4O3. The highest BCUT2D eigenvalue weighted by Gasteiger charge is 2.45. The van der Waals surface area contributed by atoms with Gasteiger partial charge in [0.2, 0.25) is 0 Å². The molecule has 1 N–H and O–H groups in total. The number of oxime groups is 1. The Kier molecular flexibility index (Phi) is 5.24. The van der Waals surface area contributed by atoms with Gasteiger partial charge in [-0.05, 0) is 42.7 Å². The summed E-state index contributed by atoms with van der Waals surface area (Å²) in [5.41, 5.74) is 0.798. The highest BCUT2D eigenvalue weighted by atomic mass is 19.1. The molecule has 2 aromatic rings. The summed E-state index contributed by atoms with van der Waals surface area (Å²) >= 11 is 0. The van der Waals surface area contributed by atoms with Crippen molar-refractivity contribution in [3.8, 4) is 0 Å². The van der Waals surface area contributed by atoms with E-state index < -0.39 is 11.4 Å². The van der Waals surface area contributed by atoms with Gasteiger partial charge in [-0.1, -0.05) is 17.3 Å². The number of pyridine rings is 1. The summed E-state index contributed by atoms with van der Waals surface area (Å²) < 4.78 is 13.5. The van der Waals surface area contributed by atoms with Crippen LogP contribution in [-0.4, -0.2) is 46.1 Å². The first-order valence-corrected chi connectivity index (χ1v) is 9.52. The molecule has 0 aliphatic carbocycles. The lowest BCUT2D eigenvalue weighted by Gasteiger charge is -2.38. The number of carbonyl (C=O) groups excluding carboxylic acids is 2. The highest BCUT2D eigenvalue weighted by Crippen LogP contribution is 2.34. The van der Waals surface area contributed by atoms with E-state index in [1.165, 1.54) is 18.2 Å². The topological polar surface area (TPSA) is 83.9 Å². The number of nitrogens with one attached hydrogen (secondary N) is 1. The Morgan fingerprint density at radius 1 is 1.28 bits per heavy atom. The molecule has 2 amide bonds. The van der Waals surface area contributed by atoms with Crippen LogP contribution < -0.4 is 5.32 Å². The maximum Gasteiger partial charge on any atom is 0.269 e. The summed E-state index contributed by atoms with van der Waals surface area (Å²) in [6, 6.07) is 9.32. The molecule has 0 radical (unpaired) electrons. The lowest BCUT2D eigenvalue weighted by atomic mass is 9.87. The molecule has 29 heavy (non-hydrogen) atoms. The Morgan fingerprint density at radius 2 is 2.17 bits per heavy atom. The summed E-state index contributed by atoms with van der Waals surface area (Å²) in [5, 5.41) is 6.81. The summed E-state index contributed by atoms with van der Waals surface area (Å²) in [6.45, 7) is 1.22. The van der Waals surface area contributed by atoms with Crippen molar-refractivity contribution in [3.63, 3.8) is 0 Å². The first kappa shape index (κ1) is 19.0. The third kappa shape index (κ3) is 4.26. The summed E-state index contributed by atoms with van der Waals surface area (Å²) in [6.07, 6.45) is 5.11. The standard InChI is InChI=1S/C21H21FN4O3/c22-17-6-1-5-16(10-17)20(28)26-9-3-7-21(14-26)11-18(25-29-21)19(27)24-13-15-4-2-8-23-12-15/h1-2,4-6,8,10,12H,3,7,9,11,13-14H2,(H,24,27). The van der Waals surface area contributed by atoms with E-state index >= 15 is 0 Å². The number of nitrogens with zero attached hydrogens (tertiary/aromatic N) is 3. The van der Waals surface area contributed by atoms with Gasteiger partial charge in [0, 0.05) is 37.5 Å². The van der Waals surface area contributed by atoms with Crippen molar-refractivity contribution in [1.29, 1.82) is 0 Å². The SMILES string of the molecule is O=C(NCc1cccnc1)C1=NOC2(CCCN(C(=O)c3cccc(F)c3)C2)C1. The Hall–Kier alpha value is -3.29. The molecule has 1 fully saturated rings. The first-order chi connectivity index (χ1) is 14.0. The molecule has 1 saturated heterocycles. The number of likely N-dealkylation sites (tertiary alicyclic amines) is 1. The van der Waals surface area contributed by atoms with Gasteiger partial charge in [0.15, 0.2) is 5.60 Å². The highest BCUT2D eigenvalue weighted by molar-refractivity contribution is 6.39. The molecule has 1 aromatic heterocycles. The Labute approximate surface area is 167 Å². The predicted molar refractivity (Wildman–Crippen MR) is 103 cm³/mol. The van der Waals surface area contributed by atoms with Crippen LogP contribution in [0.25, 0.3) is 0 Å². The van der Waals surface area contributed by atoms with E-state index in [4.69, 9.17) is 4.84 Å². The van der Waals surface area contributed by atoms with E-state index in [1.54, 1.807) is 29.4 Å². The Morgan fingerprint density at radius 3 is 2.97 bits per heavy atom. The minimum Gasteiger partial charge on any atom is -0.386 e. The minimum atomic E-state index is -0.706. The molecule has 0 saturated carbocycles. The van der Waals surface area contributed by atoms with E-state index in [-0.39, 0.29) is 11.8 Å². The molecule has 3 heterocycles. The molecular weight excluding hydrogens is 375 g/mol. The largest absolute Gasteiger partial charge is 0.386 e. The number of halogens is 1. The molecule has 1 spiro atoms. The number of benzene rings is 1. The molecule has 150 valence electrons. The molecule has 8 heteroatoms. The van der Waals surface area contributed by atoms with Crippen molar-refractivity contribution < 1.29 is 18.8 Å². The van der Waals surface area contributed by atoms with E-state index in [0.717, 1.165) is 12.0 Å². The molecule has 1 aromatic carbocycles. The Bertz CT molecular complexity index is 950. The van der Waals surface area contributed by atoms with E-state index in [2.05, 4.69) is 15.5 Å². The molecule has 1 atom stereocenters. The van der Waals surface area contributed by atoms with Gasteiger partial charge in [-0.2, -0.15) is 0 Å². The van der Waals surface area contributed by atoms with Gasteiger partial charge in [-0.3, -0.25) is 14.6 Å². The van der Waals surface area contributed by atoms with Gasteiger partial charge >= 0.3 is 0 Å². The number of amides is 2. The summed E-state index contributed by atoms with van der Waals surface area (Å²) in [4.78, 5) is 36.5. The normalized spacial score (nSPS) is 20.9. The second kappa shape index (κ2) is 7.98. The lowest BCUT2D eigenvalue weighted by Crippen LogP contribution is -2.51. The second-order valence-electron chi connectivity index (χ2n) is 7.37. The van der Waals surface area contributed by atoms with Gasteiger partial charge in [0.25, 0.3) is 11.8 Å². The smallest absolute Gasteiger partial charge is 0.269 e. The molecule has 2 aliphatic rings. The van der Waals surface area contributed by atoms with Crippen LogP contribution in [-0.2, 0) is 16.2 Å². The van der Waals surface area contributed by atoms with Gasteiger partial charge in [0.1, 0.15) is 11.5 Å². The third-order valence-corrected chi connectivity index (χ3v) is 5.18. The predicted octanol–water partition coefficient (Wildman–Crippen LogP) is 2.29. The van der Waals surface area contributed by atoms with E-state index in [0.29, 0.717) is 43.8 Å². The van der Waals surface area contributed by atoms with Crippen LogP contribution in [0.15, 0.2) is 53.9 Å². The fourth-order valence-electron chi connectivity index (χ4n) is 3.72. The van der Waals surface area contributed by atoms with E-state index in [9.17, 15) is 14.0 Å². The zero-order valence-corrected chi connectivity index (χ0v) is 15.8. The van der Waals surface area contributed by atoms with Crippen LogP contribution in [0.5, 0.6) is 0 Å². The maximum absolute atomic E-state index is 13.5. The number of carbonyl (C=O) groups is 2. The van der Waals surface area contributed by atoms with Gasteiger partial charge in [0.05, 0.1) is 6.54 Å². The average molecular weight is 396 g/mol. The average Bonchev–Trinajstić information content (AvgIpc) is 3.15. The van der Waals surface area contributed by atoms with Crippen molar-refractivity contribution in [2.45, 2.75) is 31.4 Å². The fourth-order valence-corrected chi connectivity index (χ4v) is 3.72. The number of aromatic nitrogens is 1. The van der Waals surface area contributed by atoms with Crippen LogP contribution in [0, 0.1) is 5.82 Å². The number of hydrogen-bond acceptors (Lipinski definition) is 5. The lowest BCUT2D eigenvalue weighted by molar-refractivity contribution is -0.115. The number of piperidine rings is 1. The quantitative estimate of drug-likeness (QED) is 0.860. The van der Waals surface area contributed by atoms with Crippen molar-refractivity contribution in [3.05, 3.63) is 65.7 Å². The van der Waals surface area contributed by atoms with Gasteiger partial charge in [-0.25, -0.2) is 4.39 Å². The summed E-state index contributed by atoms with van der Waals surface area (Å²) in [7, 11) is 0. The molecule has 1 unspecified atom stereocenters. The number of rotatable bonds is 4. The van der Waals surface area contributed by atoms with Gasteiger partial charge < -0.3 is 15.1 Å². The van der Waals surface area contributed by atoms with Crippen LogP contribution in [0.3, 0.4) is 0 Å². The monoisotopic (exact) mass is 396 g/mol. The number of hydrogen-bond donors (Lipinski definition) is 1. The fraction of sp³-hybridized carbons (Fsp3) is 0.333. The van der Waals surface area contributed by atoms with Crippen LogP contribution in [0.1, 0.15) is 35.2 Å². The first-order valence-electron chi connectivity index (χ1n) is 9.52. The van der Waals surface area contributed by atoms with Crippen LogP contribution in [0.2, 0.25) is 0 Å². The maximum atomic E-state index is 13.5. The third-order valence-electron chi connectivity index (χ3n) is 5.18. The zero-order chi connectivity index (χ0) is 20.3. The van der Waals surface area contributed by atoms with Crippen LogP contribution in [0.4, 0.5) is 4.39 Å². The summed E-state index contributed by atoms with van der Waals surface area (Å²) in [5.74, 6) is -0.989. The van der Waals surface area contributed by atoms with Crippen molar-refractivity contribution in [2.24, 2.45) is 5.16 Å². The van der Waals surface area contributed by atoms with Gasteiger partial charge in [-0.15, -0.1) is 0 Å². The van der Waals surface area contributed by atoms with Crippen molar-refractivity contribution >= 4 is 17.5 Å². The van der Waals surface area contributed by atoms with E-state index in [1.807, 2.05) is 6.07 Å². The second-order valence-corrected chi connectivity index (χ2v) is 7.37.